The molecule has 2 rings (SSSR count). The smallest absolute Gasteiger partial charge is 0.166 e. The van der Waals surface area contributed by atoms with E-state index in [9.17, 15) is 4.39 Å². The third-order valence-corrected chi connectivity index (χ3v) is 3.60. The number of halogens is 1. The van der Waals surface area contributed by atoms with Gasteiger partial charge >= 0.3 is 0 Å². The number of aromatic nitrogens is 2. The molecule has 0 fully saturated rings. The van der Waals surface area contributed by atoms with Crippen LogP contribution in [0.2, 0.25) is 0 Å². The highest BCUT2D eigenvalue weighted by molar-refractivity contribution is 7.80. The third-order valence-electron chi connectivity index (χ3n) is 3.31. The third kappa shape index (κ3) is 4.26. The number of nitrogens with zero attached hydrogens (tertiary/aromatic N) is 2. The lowest BCUT2D eigenvalue weighted by Crippen LogP contribution is -2.34. The summed E-state index contributed by atoms with van der Waals surface area (Å²) in [7, 11) is 0. The van der Waals surface area contributed by atoms with Crippen LogP contribution in [-0.4, -0.2) is 14.9 Å². The van der Waals surface area contributed by atoms with Crippen LogP contribution >= 0.6 is 12.2 Å². The normalized spacial score (nSPS) is 10.4. The maximum Gasteiger partial charge on any atom is 0.166 e. The fraction of sp³-hybridized carbons (Fsp3) is 0.333. The number of aryl methyl sites for hydroxylation is 1. The fourth-order valence-corrected chi connectivity index (χ4v) is 2.14. The summed E-state index contributed by atoms with van der Waals surface area (Å²) in [5.74, 6) is -0.233. The van der Waals surface area contributed by atoms with Gasteiger partial charge in [-0.05, 0) is 43.8 Å². The van der Waals surface area contributed by atoms with Crippen LogP contribution in [0.4, 0.5) is 4.39 Å². The highest BCUT2D eigenvalue weighted by Crippen LogP contribution is 2.06. The molecule has 0 radical (unpaired) electrons. The van der Waals surface area contributed by atoms with E-state index in [1.54, 1.807) is 12.1 Å². The molecule has 0 aliphatic carbocycles. The van der Waals surface area contributed by atoms with Crippen molar-refractivity contribution in [1.29, 1.82) is 0 Å². The van der Waals surface area contributed by atoms with E-state index >= 15 is 0 Å². The van der Waals surface area contributed by atoms with Crippen LogP contribution in [0, 0.1) is 12.7 Å². The summed E-state index contributed by atoms with van der Waals surface area (Å²) in [6.07, 6.45) is 1.86. The number of benzene rings is 1. The van der Waals surface area contributed by atoms with Gasteiger partial charge in [-0.1, -0.05) is 12.1 Å². The molecule has 6 heteroatoms. The number of rotatable bonds is 5. The van der Waals surface area contributed by atoms with Gasteiger partial charge in [0.1, 0.15) is 5.82 Å². The molecule has 0 atom stereocenters. The van der Waals surface area contributed by atoms with Gasteiger partial charge in [0.05, 0.1) is 6.20 Å². The van der Waals surface area contributed by atoms with Crippen molar-refractivity contribution in [3.05, 3.63) is 53.1 Å². The summed E-state index contributed by atoms with van der Waals surface area (Å²) >= 11 is 5.23. The zero-order valence-electron chi connectivity index (χ0n) is 12.2. The summed E-state index contributed by atoms with van der Waals surface area (Å²) in [5.41, 5.74) is 3.25. The monoisotopic (exact) mass is 306 g/mol. The van der Waals surface area contributed by atoms with Crippen molar-refractivity contribution in [2.45, 2.75) is 33.5 Å². The second-order valence-corrected chi connectivity index (χ2v) is 5.14. The minimum absolute atomic E-state index is 0.233. The van der Waals surface area contributed by atoms with Gasteiger partial charge in [-0.3, -0.25) is 4.68 Å². The Labute approximate surface area is 129 Å². The van der Waals surface area contributed by atoms with Gasteiger partial charge < -0.3 is 10.6 Å². The van der Waals surface area contributed by atoms with Gasteiger partial charge in [-0.15, -0.1) is 0 Å². The standard InChI is InChI=1S/C15H19FN4S/c1-3-20-11(2)13(10-19-20)9-18-15(21)17-8-12-4-6-14(16)7-5-12/h4-7,10H,3,8-9H2,1-2H3,(H2,17,18,21). The Morgan fingerprint density at radius 3 is 2.52 bits per heavy atom. The lowest BCUT2D eigenvalue weighted by atomic mass is 10.2. The Hall–Kier alpha value is -1.95. The molecular weight excluding hydrogens is 287 g/mol. The predicted octanol–water partition coefficient (Wildman–Crippen LogP) is 2.51. The van der Waals surface area contributed by atoms with Crippen LogP contribution < -0.4 is 10.6 Å². The molecule has 0 aliphatic heterocycles. The Morgan fingerprint density at radius 2 is 1.90 bits per heavy atom. The Balaban J connectivity index is 1.79. The van der Waals surface area contributed by atoms with Crippen LogP contribution in [0.1, 0.15) is 23.7 Å². The first kappa shape index (κ1) is 15.4. The Kier molecular flexibility index (Phi) is 5.27. The molecule has 0 saturated carbocycles. The first-order valence-corrected chi connectivity index (χ1v) is 7.28. The summed E-state index contributed by atoms with van der Waals surface area (Å²) in [6, 6.07) is 6.35. The topological polar surface area (TPSA) is 41.9 Å². The second kappa shape index (κ2) is 7.17. The van der Waals surface area contributed by atoms with E-state index < -0.39 is 0 Å². The molecule has 1 aromatic heterocycles. The van der Waals surface area contributed by atoms with Crippen LogP contribution in [0.5, 0.6) is 0 Å². The molecule has 1 aromatic carbocycles. The molecule has 0 amide bonds. The van der Waals surface area contributed by atoms with E-state index in [2.05, 4.69) is 22.7 Å². The number of nitrogens with one attached hydrogen (secondary N) is 2. The van der Waals surface area contributed by atoms with Crippen molar-refractivity contribution in [1.82, 2.24) is 20.4 Å². The van der Waals surface area contributed by atoms with Crippen molar-refractivity contribution < 1.29 is 4.39 Å². The molecule has 2 aromatic rings. The molecule has 0 spiro atoms. The number of thiocarbonyl (C=S) groups is 1. The van der Waals surface area contributed by atoms with Crippen molar-refractivity contribution in [3.8, 4) is 0 Å². The molecule has 2 N–H and O–H groups in total. The van der Waals surface area contributed by atoms with Gasteiger partial charge in [0, 0.05) is 30.9 Å². The number of hydrogen-bond donors (Lipinski definition) is 2. The number of hydrogen-bond acceptors (Lipinski definition) is 2. The second-order valence-electron chi connectivity index (χ2n) is 4.73. The zero-order chi connectivity index (χ0) is 15.2. The van der Waals surface area contributed by atoms with Crippen LogP contribution in [0.3, 0.4) is 0 Å². The molecule has 0 aliphatic rings. The molecule has 0 bridgehead atoms. The van der Waals surface area contributed by atoms with Gasteiger partial charge in [0.15, 0.2) is 5.11 Å². The maximum atomic E-state index is 12.8. The maximum absolute atomic E-state index is 12.8. The molecule has 0 unspecified atom stereocenters. The van der Waals surface area contributed by atoms with Crippen molar-refractivity contribution >= 4 is 17.3 Å². The molecule has 21 heavy (non-hydrogen) atoms. The van der Waals surface area contributed by atoms with Gasteiger partial charge in [0.2, 0.25) is 0 Å². The molecule has 4 nitrogen and oxygen atoms in total. The molecule has 112 valence electrons. The fourth-order valence-electron chi connectivity index (χ4n) is 2.00. The van der Waals surface area contributed by atoms with E-state index in [-0.39, 0.29) is 5.82 Å². The Morgan fingerprint density at radius 1 is 1.24 bits per heavy atom. The van der Waals surface area contributed by atoms with E-state index in [0.717, 1.165) is 23.4 Å². The van der Waals surface area contributed by atoms with Crippen molar-refractivity contribution in [2.75, 3.05) is 0 Å². The summed E-state index contributed by atoms with van der Waals surface area (Å²) in [6.45, 7) is 6.17. The lowest BCUT2D eigenvalue weighted by molar-refractivity contribution is 0.626. The molecular formula is C15H19FN4S. The first-order chi connectivity index (χ1) is 10.1. The van der Waals surface area contributed by atoms with Crippen LogP contribution in [0.15, 0.2) is 30.5 Å². The highest BCUT2D eigenvalue weighted by atomic mass is 32.1. The van der Waals surface area contributed by atoms with E-state index in [0.29, 0.717) is 18.2 Å². The van der Waals surface area contributed by atoms with Gasteiger partial charge in [0.25, 0.3) is 0 Å². The van der Waals surface area contributed by atoms with E-state index in [1.807, 2.05) is 17.8 Å². The average Bonchev–Trinajstić information content (AvgIpc) is 2.85. The summed E-state index contributed by atoms with van der Waals surface area (Å²) in [4.78, 5) is 0. The van der Waals surface area contributed by atoms with Crippen molar-refractivity contribution in [3.63, 3.8) is 0 Å². The van der Waals surface area contributed by atoms with Crippen LogP contribution in [-0.2, 0) is 19.6 Å². The zero-order valence-corrected chi connectivity index (χ0v) is 13.0. The minimum atomic E-state index is -0.233. The van der Waals surface area contributed by atoms with Gasteiger partial charge in [-0.2, -0.15) is 5.10 Å². The van der Waals surface area contributed by atoms with Gasteiger partial charge in [-0.25, -0.2) is 4.39 Å². The van der Waals surface area contributed by atoms with E-state index in [1.165, 1.54) is 12.1 Å². The first-order valence-electron chi connectivity index (χ1n) is 6.87. The Bertz CT molecular complexity index is 607. The van der Waals surface area contributed by atoms with Crippen LogP contribution in [0.25, 0.3) is 0 Å². The quantitative estimate of drug-likeness (QED) is 0.833. The lowest BCUT2D eigenvalue weighted by Gasteiger charge is -2.10. The minimum Gasteiger partial charge on any atom is -0.359 e. The van der Waals surface area contributed by atoms with Crippen molar-refractivity contribution in [2.24, 2.45) is 0 Å². The average molecular weight is 306 g/mol. The predicted molar refractivity (Wildman–Crippen MR) is 85.3 cm³/mol. The molecule has 0 saturated heterocycles. The SMILES string of the molecule is CCn1ncc(CNC(=S)NCc2ccc(F)cc2)c1C. The largest absolute Gasteiger partial charge is 0.359 e. The summed E-state index contributed by atoms with van der Waals surface area (Å²) < 4.78 is 14.7. The van der Waals surface area contributed by atoms with E-state index in [4.69, 9.17) is 12.2 Å². The highest BCUT2D eigenvalue weighted by Gasteiger charge is 2.05. The summed E-state index contributed by atoms with van der Waals surface area (Å²) in [5, 5.41) is 11.1. The molecule has 1 heterocycles.